The molecule has 0 N–H and O–H groups in total. The Morgan fingerprint density at radius 3 is 2.20 bits per heavy atom. The predicted molar refractivity (Wildman–Crippen MR) is 63.7 cm³/mol. The molecule has 0 aliphatic carbocycles. The first kappa shape index (κ1) is 11.5. The van der Waals surface area contributed by atoms with Gasteiger partial charge in [0.25, 0.3) is 0 Å². The third-order valence-corrected chi connectivity index (χ3v) is 2.18. The van der Waals surface area contributed by atoms with Crippen LogP contribution < -0.4 is 0 Å². The van der Waals surface area contributed by atoms with Crippen LogP contribution in [0.15, 0.2) is 49.1 Å². The Hall–Kier alpha value is -1.57. The van der Waals surface area contributed by atoms with Crippen LogP contribution in [0.5, 0.6) is 0 Å². The lowest BCUT2D eigenvalue weighted by atomic mass is 10.2. The maximum atomic E-state index is 3.86. The third-order valence-electron chi connectivity index (χ3n) is 2.18. The zero-order chi connectivity index (χ0) is 10.9. The van der Waals surface area contributed by atoms with Gasteiger partial charge in [0, 0.05) is 18.9 Å². The van der Waals surface area contributed by atoms with E-state index in [2.05, 4.69) is 43.1 Å². The van der Waals surface area contributed by atoms with E-state index in [1.807, 2.05) is 16.8 Å². The number of hydrogen-bond donors (Lipinski definition) is 0. The lowest BCUT2D eigenvalue weighted by molar-refractivity contribution is 0.761. The van der Waals surface area contributed by atoms with Crippen molar-refractivity contribution >= 4 is 0 Å². The summed E-state index contributed by atoms with van der Waals surface area (Å²) in [5.41, 5.74) is 1.41. The highest BCUT2D eigenvalue weighted by atomic mass is 15.0. The third kappa shape index (κ3) is 4.45. The predicted octanol–water partition coefficient (Wildman–Crippen LogP) is 3.15. The summed E-state index contributed by atoms with van der Waals surface area (Å²) in [7, 11) is 0. The molecule has 2 heteroatoms. The Kier molecular flexibility index (Phi) is 5.23. The van der Waals surface area contributed by atoms with Gasteiger partial charge in [-0.1, -0.05) is 37.3 Å². The minimum absolute atomic E-state index is 1.01. The molecule has 15 heavy (non-hydrogen) atoms. The standard InChI is InChI=1S/C8H10.C5H8N2/c1-2-8-6-4-3-5-7-8;1-2-7-4-3-6-5-7/h3-7H,2H2,1H3;3-5H,2H2,1H3. The van der Waals surface area contributed by atoms with Gasteiger partial charge in [-0.25, -0.2) is 4.98 Å². The molecule has 0 spiro atoms. The molecule has 0 atom stereocenters. The van der Waals surface area contributed by atoms with Gasteiger partial charge in [-0.3, -0.25) is 0 Å². The van der Waals surface area contributed by atoms with Crippen molar-refractivity contribution in [2.24, 2.45) is 0 Å². The Morgan fingerprint density at radius 2 is 1.87 bits per heavy atom. The van der Waals surface area contributed by atoms with E-state index < -0.39 is 0 Å². The van der Waals surface area contributed by atoms with Crippen LogP contribution in [-0.4, -0.2) is 9.55 Å². The van der Waals surface area contributed by atoms with Crippen molar-refractivity contribution in [2.45, 2.75) is 26.8 Å². The van der Waals surface area contributed by atoms with E-state index in [0.717, 1.165) is 13.0 Å². The summed E-state index contributed by atoms with van der Waals surface area (Å²) in [4.78, 5) is 3.86. The van der Waals surface area contributed by atoms with Crippen molar-refractivity contribution in [2.75, 3.05) is 0 Å². The summed E-state index contributed by atoms with van der Waals surface area (Å²) < 4.78 is 2.01. The molecular weight excluding hydrogens is 184 g/mol. The van der Waals surface area contributed by atoms with E-state index in [0.29, 0.717) is 0 Å². The molecule has 2 aromatic rings. The van der Waals surface area contributed by atoms with Gasteiger partial charge in [-0.05, 0) is 18.9 Å². The van der Waals surface area contributed by atoms with Crippen molar-refractivity contribution in [3.05, 3.63) is 54.6 Å². The van der Waals surface area contributed by atoms with Crippen LogP contribution in [0.2, 0.25) is 0 Å². The Balaban J connectivity index is 0.000000151. The van der Waals surface area contributed by atoms with Crippen molar-refractivity contribution in [3.63, 3.8) is 0 Å². The van der Waals surface area contributed by atoms with Gasteiger partial charge in [0.2, 0.25) is 0 Å². The molecule has 1 aromatic heterocycles. The van der Waals surface area contributed by atoms with Crippen molar-refractivity contribution in [1.82, 2.24) is 9.55 Å². The number of rotatable bonds is 2. The average molecular weight is 202 g/mol. The molecule has 0 saturated carbocycles. The van der Waals surface area contributed by atoms with Gasteiger partial charge in [0.1, 0.15) is 0 Å². The molecule has 0 aliphatic heterocycles. The van der Waals surface area contributed by atoms with Gasteiger partial charge in [-0.15, -0.1) is 0 Å². The smallest absolute Gasteiger partial charge is 0.0945 e. The van der Waals surface area contributed by atoms with Gasteiger partial charge in [0.05, 0.1) is 6.33 Å². The fraction of sp³-hybridized carbons (Fsp3) is 0.308. The van der Waals surface area contributed by atoms with Gasteiger partial charge >= 0.3 is 0 Å². The second-order valence-electron chi connectivity index (χ2n) is 3.23. The molecule has 0 aliphatic rings. The normalized spacial score (nSPS) is 9.20. The van der Waals surface area contributed by atoms with Crippen molar-refractivity contribution in [3.8, 4) is 0 Å². The Morgan fingerprint density at radius 1 is 1.13 bits per heavy atom. The largest absolute Gasteiger partial charge is 0.338 e. The van der Waals surface area contributed by atoms with Crippen LogP contribution in [0.1, 0.15) is 19.4 Å². The molecular formula is C13H18N2. The van der Waals surface area contributed by atoms with Gasteiger partial charge < -0.3 is 4.57 Å². The Labute approximate surface area is 91.6 Å². The number of benzene rings is 1. The fourth-order valence-corrected chi connectivity index (χ4v) is 1.19. The lowest BCUT2D eigenvalue weighted by Crippen LogP contribution is -1.85. The van der Waals surface area contributed by atoms with Gasteiger partial charge in [0.15, 0.2) is 0 Å². The number of aryl methyl sites for hydroxylation is 2. The van der Waals surface area contributed by atoms with Gasteiger partial charge in [-0.2, -0.15) is 0 Å². The highest BCUT2D eigenvalue weighted by Crippen LogP contribution is 1.96. The second-order valence-corrected chi connectivity index (χ2v) is 3.23. The minimum Gasteiger partial charge on any atom is -0.338 e. The first-order valence-corrected chi connectivity index (χ1v) is 5.36. The zero-order valence-electron chi connectivity index (χ0n) is 9.43. The van der Waals surface area contributed by atoms with Crippen molar-refractivity contribution in [1.29, 1.82) is 0 Å². The van der Waals surface area contributed by atoms with Crippen LogP contribution in [-0.2, 0) is 13.0 Å². The lowest BCUT2D eigenvalue weighted by Gasteiger charge is -1.89. The molecule has 2 nitrogen and oxygen atoms in total. The van der Waals surface area contributed by atoms with Crippen LogP contribution >= 0.6 is 0 Å². The first-order valence-electron chi connectivity index (χ1n) is 5.36. The second kappa shape index (κ2) is 6.82. The number of nitrogens with zero attached hydrogens (tertiary/aromatic N) is 2. The first-order chi connectivity index (χ1) is 7.36. The number of hydrogen-bond acceptors (Lipinski definition) is 1. The fourth-order valence-electron chi connectivity index (χ4n) is 1.19. The molecule has 0 radical (unpaired) electrons. The maximum absolute atomic E-state index is 3.86. The van der Waals surface area contributed by atoms with E-state index >= 15 is 0 Å². The molecule has 0 amide bonds. The van der Waals surface area contributed by atoms with E-state index in [4.69, 9.17) is 0 Å². The molecule has 1 aromatic carbocycles. The van der Waals surface area contributed by atoms with E-state index in [9.17, 15) is 0 Å². The summed E-state index contributed by atoms with van der Waals surface area (Å²) in [6, 6.07) is 10.5. The van der Waals surface area contributed by atoms with E-state index in [1.54, 1.807) is 12.5 Å². The summed E-state index contributed by atoms with van der Waals surface area (Å²) >= 11 is 0. The quantitative estimate of drug-likeness (QED) is 0.731. The van der Waals surface area contributed by atoms with E-state index in [-0.39, 0.29) is 0 Å². The molecule has 0 fully saturated rings. The highest BCUT2D eigenvalue weighted by Gasteiger charge is 1.80. The summed E-state index contributed by atoms with van der Waals surface area (Å²) in [5.74, 6) is 0. The van der Waals surface area contributed by atoms with Crippen LogP contribution in [0.25, 0.3) is 0 Å². The van der Waals surface area contributed by atoms with Crippen LogP contribution in [0.4, 0.5) is 0 Å². The summed E-state index contributed by atoms with van der Waals surface area (Å²) in [6.45, 7) is 5.26. The minimum atomic E-state index is 1.01. The Bertz CT molecular complexity index is 338. The van der Waals surface area contributed by atoms with Crippen LogP contribution in [0, 0.1) is 0 Å². The average Bonchev–Trinajstić information content (AvgIpc) is 2.84. The van der Waals surface area contributed by atoms with E-state index in [1.165, 1.54) is 5.56 Å². The molecule has 0 saturated heterocycles. The SMILES string of the molecule is CCc1ccccc1.CCn1ccnc1. The highest BCUT2D eigenvalue weighted by molar-refractivity contribution is 5.13. The van der Waals surface area contributed by atoms with Crippen LogP contribution in [0.3, 0.4) is 0 Å². The zero-order valence-corrected chi connectivity index (χ0v) is 9.43. The van der Waals surface area contributed by atoms with Crippen molar-refractivity contribution < 1.29 is 0 Å². The molecule has 2 rings (SSSR count). The topological polar surface area (TPSA) is 17.8 Å². The maximum Gasteiger partial charge on any atom is 0.0945 e. The molecule has 0 unspecified atom stereocenters. The summed E-state index contributed by atoms with van der Waals surface area (Å²) in [5, 5.41) is 0. The summed E-state index contributed by atoms with van der Waals surface area (Å²) in [6.07, 6.45) is 6.67. The number of aromatic nitrogens is 2. The number of imidazole rings is 1. The molecule has 1 heterocycles. The molecule has 0 bridgehead atoms. The monoisotopic (exact) mass is 202 g/mol. The molecule has 80 valence electrons.